The van der Waals surface area contributed by atoms with E-state index >= 15 is 0 Å². The second kappa shape index (κ2) is 5.55. The first-order valence-corrected chi connectivity index (χ1v) is 7.39. The molecule has 23 heavy (non-hydrogen) atoms. The van der Waals surface area contributed by atoms with Crippen molar-refractivity contribution in [1.82, 2.24) is 15.5 Å². The Bertz CT molecular complexity index is 861. The number of carbonyl (C=O) groups excluding carboxylic acids is 1. The Balaban J connectivity index is 1.77. The highest BCUT2D eigenvalue weighted by Crippen LogP contribution is 2.22. The summed E-state index contributed by atoms with van der Waals surface area (Å²) in [4.78, 5) is 12.4. The molecule has 2 heterocycles. The number of benzene rings is 1. The Hall–Kier alpha value is -2.60. The van der Waals surface area contributed by atoms with E-state index in [4.69, 9.17) is 4.42 Å². The monoisotopic (exact) mass is 313 g/mol. The van der Waals surface area contributed by atoms with E-state index in [1.165, 1.54) is 0 Å². The van der Waals surface area contributed by atoms with Gasteiger partial charge in [0, 0.05) is 5.39 Å². The predicted molar refractivity (Wildman–Crippen MR) is 86.2 cm³/mol. The maximum Gasteiger partial charge on any atom is 0.272 e. The Kier molecular flexibility index (Phi) is 3.69. The molecule has 0 aliphatic heterocycles. The first-order valence-electron chi connectivity index (χ1n) is 7.39. The molecule has 0 saturated carbocycles. The maximum absolute atomic E-state index is 12.4. The van der Waals surface area contributed by atoms with Gasteiger partial charge < -0.3 is 14.8 Å². The highest BCUT2D eigenvalue weighted by atomic mass is 16.4. The van der Waals surface area contributed by atoms with Gasteiger partial charge in [0.1, 0.15) is 17.1 Å². The van der Waals surface area contributed by atoms with Crippen LogP contribution in [0.5, 0.6) is 0 Å². The summed E-state index contributed by atoms with van der Waals surface area (Å²) in [6, 6.07) is 9.22. The van der Waals surface area contributed by atoms with Crippen LogP contribution in [-0.2, 0) is 5.60 Å². The minimum Gasteiger partial charge on any atom is -0.463 e. The van der Waals surface area contributed by atoms with Crippen molar-refractivity contribution >= 4 is 16.8 Å². The van der Waals surface area contributed by atoms with Crippen molar-refractivity contribution in [3.8, 4) is 0 Å². The number of aromatic amines is 1. The Morgan fingerprint density at radius 1 is 1.35 bits per heavy atom. The average Bonchev–Trinajstić information content (AvgIpc) is 3.11. The molecule has 1 atom stereocenters. The minimum atomic E-state index is -1.29. The summed E-state index contributed by atoms with van der Waals surface area (Å²) in [5.74, 6) is 0.781. The lowest BCUT2D eigenvalue weighted by Crippen LogP contribution is -2.38. The minimum absolute atomic E-state index is 0.0267. The fraction of sp³-hybridized carbons (Fsp3) is 0.294. The highest BCUT2D eigenvalue weighted by molar-refractivity contribution is 6.04. The third kappa shape index (κ3) is 2.98. The number of fused-ring (bicyclic) bond motifs is 1. The molecule has 1 aromatic carbocycles. The van der Waals surface area contributed by atoms with Crippen LogP contribution in [0, 0.1) is 13.8 Å². The molecular weight excluding hydrogens is 294 g/mol. The number of rotatable bonds is 4. The van der Waals surface area contributed by atoms with Crippen LogP contribution >= 0.6 is 0 Å². The van der Waals surface area contributed by atoms with Gasteiger partial charge in [0.05, 0.1) is 12.1 Å². The van der Waals surface area contributed by atoms with Crippen LogP contribution in [0.15, 0.2) is 34.7 Å². The normalized spacial score (nSPS) is 13.9. The summed E-state index contributed by atoms with van der Waals surface area (Å²) in [5, 5.41) is 20.8. The smallest absolute Gasteiger partial charge is 0.272 e. The number of aromatic nitrogens is 2. The lowest BCUT2D eigenvalue weighted by atomic mass is 10.0. The summed E-state index contributed by atoms with van der Waals surface area (Å²) in [7, 11) is 0. The van der Waals surface area contributed by atoms with Crippen LogP contribution in [0.1, 0.15) is 34.5 Å². The SMILES string of the molecule is Cc1ccc2[nH]nc(C(=O)NCC(C)(O)c3ccc(C)o3)c2c1. The molecule has 0 aliphatic rings. The second-order valence-corrected chi connectivity index (χ2v) is 5.99. The van der Waals surface area contributed by atoms with Crippen LogP contribution in [0.2, 0.25) is 0 Å². The average molecular weight is 313 g/mol. The van der Waals surface area contributed by atoms with Crippen molar-refractivity contribution in [2.45, 2.75) is 26.4 Å². The summed E-state index contributed by atoms with van der Waals surface area (Å²) >= 11 is 0. The van der Waals surface area contributed by atoms with Gasteiger partial charge >= 0.3 is 0 Å². The van der Waals surface area contributed by atoms with E-state index in [0.29, 0.717) is 17.2 Å². The third-order valence-corrected chi connectivity index (χ3v) is 3.80. The number of H-pyrrole nitrogens is 1. The molecule has 1 unspecified atom stereocenters. The van der Waals surface area contributed by atoms with Gasteiger partial charge in [0.15, 0.2) is 5.69 Å². The van der Waals surface area contributed by atoms with Gasteiger partial charge in [-0.3, -0.25) is 9.89 Å². The van der Waals surface area contributed by atoms with E-state index in [-0.39, 0.29) is 12.5 Å². The Labute approximate surface area is 133 Å². The van der Waals surface area contributed by atoms with Gasteiger partial charge in [-0.1, -0.05) is 11.6 Å². The van der Waals surface area contributed by atoms with Crippen molar-refractivity contribution in [3.63, 3.8) is 0 Å². The number of furan rings is 1. The molecule has 0 fully saturated rings. The number of carbonyl (C=O) groups is 1. The number of hydrogen-bond donors (Lipinski definition) is 3. The highest BCUT2D eigenvalue weighted by Gasteiger charge is 2.28. The van der Waals surface area contributed by atoms with E-state index in [9.17, 15) is 9.90 Å². The summed E-state index contributed by atoms with van der Waals surface area (Å²) in [6.45, 7) is 5.38. The van der Waals surface area contributed by atoms with Crippen LogP contribution in [0.3, 0.4) is 0 Å². The van der Waals surface area contributed by atoms with Gasteiger partial charge in [-0.2, -0.15) is 5.10 Å². The molecule has 6 nitrogen and oxygen atoms in total. The van der Waals surface area contributed by atoms with Crippen molar-refractivity contribution in [2.75, 3.05) is 6.54 Å². The molecular formula is C17H19N3O3. The van der Waals surface area contributed by atoms with Crippen LogP contribution in [0.4, 0.5) is 0 Å². The number of hydrogen-bond acceptors (Lipinski definition) is 4. The number of amides is 1. The quantitative estimate of drug-likeness (QED) is 0.690. The molecule has 0 bridgehead atoms. The summed E-state index contributed by atoms with van der Waals surface area (Å²) in [6.07, 6.45) is 0. The fourth-order valence-electron chi connectivity index (χ4n) is 2.45. The number of nitrogens with zero attached hydrogens (tertiary/aromatic N) is 1. The Morgan fingerprint density at radius 2 is 2.13 bits per heavy atom. The predicted octanol–water partition coefficient (Wildman–Crippen LogP) is 2.41. The molecule has 0 spiro atoms. The molecule has 3 aromatic rings. The van der Waals surface area contributed by atoms with E-state index in [1.54, 1.807) is 26.0 Å². The zero-order valence-electron chi connectivity index (χ0n) is 13.3. The van der Waals surface area contributed by atoms with E-state index < -0.39 is 5.60 Å². The topological polar surface area (TPSA) is 91.2 Å². The van der Waals surface area contributed by atoms with Crippen molar-refractivity contribution in [1.29, 1.82) is 0 Å². The molecule has 2 aromatic heterocycles. The lowest BCUT2D eigenvalue weighted by Gasteiger charge is -2.21. The summed E-state index contributed by atoms with van der Waals surface area (Å²) in [5.41, 5.74) is 0.877. The van der Waals surface area contributed by atoms with Crippen LogP contribution in [0.25, 0.3) is 10.9 Å². The molecule has 6 heteroatoms. The summed E-state index contributed by atoms with van der Waals surface area (Å²) < 4.78 is 5.43. The van der Waals surface area contributed by atoms with E-state index in [0.717, 1.165) is 16.5 Å². The van der Waals surface area contributed by atoms with Gasteiger partial charge in [-0.05, 0) is 45.0 Å². The largest absolute Gasteiger partial charge is 0.463 e. The van der Waals surface area contributed by atoms with Gasteiger partial charge in [0.2, 0.25) is 0 Å². The molecule has 1 amide bonds. The van der Waals surface area contributed by atoms with Gasteiger partial charge in [-0.15, -0.1) is 0 Å². The molecule has 3 rings (SSSR count). The Morgan fingerprint density at radius 3 is 2.83 bits per heavy atom. The second-order valence-electron chi connectivity index (χ2n) is 5.99. The van der Waals surface area contributed by atoms with Crippen LogP contribution in [-0.4, -0.2) is 27.8 Å². The number of aliphatic hydroxyl groups is 1. The van der Waals surface area contributed by atoms with E-state index in [1.807, 2.05) is 25.1 Å². The first kappa shape index (κ1) is 15.3. The maximum atomic E-state index is 12.4. The van der Waals surface area contributed by atoms with Gasteiger partial charge in [0.25, 0.3) is 5.91 Å². The fourth-order valence-corrected chi connectivity index (χ4v) is 2.45. The number of aryl methyl sites for hydroxylation is 2. The lowest BCUT2D eigenvalue weighted by molar-refractivity contribution is 0.0323. The van der Waals surface area contributed by atoms with Crippen molar-refractivity contribution < 1.29 is 14.3 Å². The molecule has 120 valence electrons. The zero-order valence-corrected chi connectivity index (χ0v) is 13.3. The molecule has 0 radical (unpaired) electrons. The molecule has 0 saturated heterocycles. The molecule has 0 aliphatic carbocycles. The van der Waals surface area contributed by atoms with Crippen molar-refractivity contribution in [3.05, 3.63) is 53.1 Å². The van der Waals surface area contributed by atoms with Crippen LogP contribution < -0.4 is 5.32 Å². The van der Waals surface area contributed by atoms with Gasteiger partial charge in [-0.25, -0.2) is 0 Å². The number of nitrogens with one attached hydrogen (secondary N) is 2. The van der Waals surface area contributed by atoms with Crippen molar-refractivity contribution in [2.24, 2.45) is 0 Å². The molecule has 3 N–H and O–H groups in total. The standard InChI is InChI=1S/C17H19N3O3/c1-10-4-6-13-12(8-10)15(20-19-13)16(21)18-9-17(3,22)14-7-5-11(2)23-14/h4-8,22H,9H2,1-3H3,(H,18,21)(H,19,20). The van der Waals surface area contributed by atoms with E-state index in [2.05, 4.69) is 15.5 Å². The zero-order chi connectivity index (χ0) is 16.6. The first-order chi connectivity index (χ1) is 10.9. The third-order valence-electron chi connectivity index (χ3n) is 3.80.